The van der Waals surface area contributed by atoms with Crippen molar-refractivity contribution in [2.75, 3.05) is 19.8 Å². The van der Waals surface area contributed by atoms with E-state index >= 15 is 0 Å². The van der Waals surface area contributed by atoms with E-state index in [2.05, 4.69) is 4.74 Å². The zero-order chi connectivity index (χ0) is 7.11. The Bertz CT molecular complexity index is 73.0. The van der Waals surface area contributed by atoms with Crippen LogP contribution in [-0.4, -0.2) is 36.0 Å². The van der Waals surface area contributed by atoms with Crippen molar-refractivity contribution in [3.8, 4) is 0 Å². The minimum absolute atomic E-state index is 0.0648. The van der Waals surface area contributed by atoms with Crippen molar-refractivity contribution < 1.29 is 19.7 Å². The Kier molecular flexibility index (Phi) is 5.15. The topological polar surface area (TPSA) is 66.8 Å². The molecule has 1 saturated heterocycles. The lowest BCUT2D eigenvalue weighted by molar-refractivity contribution is -0.157. The predicted molar refractivity (Wildman–Crippen MR) is 29.7 cm³/mol. The van der Waals surface area contributed by atoms with Crippen molar-refractivity contribution in [2.24, 2.45) is 0 Å². The van der Waals surface area contributed by atoms with Crippen molar-refractivity contribution in [3.05, 3.63) is 0 Å². The molecule has 1 aliphatic heterocycles. The van der Waals surface area contributed by atoms with Crippen molar-refractivity contribution in [1.29, 1.82) is 0 Å². The number of carbonyl (C=O) groups excluding carboxylic acids is 1. The molecule has 2 N–H and O–H groups in total. The zero-order valence-corrected chi connectivity index (χ0v) is 5.04. The van der Waals surface area contributed by atoms with Gasteiger partial charge in [0.2, 0.25) is 0 Å². The van der Waals surface area contributed by atoms with Crippen LogP contribution < -0.4 is 0 Å². The standard InChI is InChI=1S/C3H4O2.C2H6O2/c4-3-1-2-5-3;3-1-2-4/h1-2H2;3-4H,1-2H2. The summed E-state index contributed by atoms with van der Waals surface area (Å²) in [5, 5.41) is 15.2. The minimum atomic E-state index is -0.125. The third-order valence-electron chi connectivity index (χ3n) is 0.669. The fraction of sp³-hybridized carbons (Fsp3) is 0.800. The average molecular weight is 134 g/mol. The Hall–Kier alpha value is -0.610. The molecule has 0 aliphatic carbocycles. The minimum Gasteiger partial charge on any atom is -0.465 e. The summed E-state index contributed by atoms with van der Waals surface area (Å²) in [5.41, 5.74) is 0. The predicted octanol–water partition coefficient (Wildman–Crippen LogP) is -1.10. The molecule has 0 radical (unpaired) electrons. The first-order valence-electron chi connectivity index (χ1n) is 2.68. The molecule has 1 aliphatic rings. The molecular weight excluding hydrogens is 124 g/mol. The van der Waals surface area contributed by atoms with Crippen LogP contribution in [-0.2, 0) is 9.53 Å². The maximum absolute atomic E-state index is 9.68. The van der Waals surface area contributed by atoms with Crippen LogP contribution in [0.3, 0.4) is 0 Å². The summed E-state index contributed by atoms with van der Waals surface area (Å²) in [7, 11) is 0. The summed E-state index contributed by atoms with van der Waals surface area (Å²) >= 11 is 0. The number of rotatable bonds is 1. The molecule has 0 aromatic carbocycles. The second-order valence-electron chi connectivity index (χ2n) is 1.42. The first-order chi connectivity index (χ1) is 4.31. The summed E-state index contributed by atoms with van der Waals surface area (Å²) in [6.07, 6.45) is 0.625. The van der Waals surface area contributed by atoms with Gasteiger partial charge >= 0.3 is 5.97 Å². The van der Waals surface area contributed by atoms with Gasteiger partial charge in [0.05, 0.1) is 19.6 Å². The Labute approximate surface area is 53.1 Å². The van der Waals surface area contributed by atoms with Gasteiger partial charge in [-0.3, -0.25) is 4.79 Å². The van der Waals surface area contributed by atoms with Crippen LogP contribution in [0, 0.1) is 0 Å². The summed E-state index contributed by atoms with van der Waals surface area (Å²) < 4.78 is 4.29. The lowest BCUT2D eigenvalue weighted by atomic mass is 10.4. The molecule has 9 heavy (non-hydrogen) atoms. The average Bonchev–Trinajstić information content (AvgIpc) is 1.84. The molecular formula is C5H10O4. The molecule has 0 unspecified atom stereocenters. The number of aliphatic hydroxyl groups excluding tert-OH is 2. The maximum atomic E-state index is 9.68. The summed E-state index contributed by atoms with van der Waals surface area (Å²) in [6.45, 7) is 0.388. The Morgan fingerprint density at radius 1 is 1.44 bits per heavy atom. The number of esters is 1. The van der Waals surface area contributed by atoms with E-state index in [9.17, 15) is 4.79 Å². The van der Waals surface area contributed by atoms with Crippen LogP contribution in [0.25, 0.3) is 0 Å². The fourth-order valence-electron chi connectivity index (χ4n) is 0.185. The summed E-state index contributed by atoms with van der Waals surface area (Å²) in [5.74, 6) is -0.0648. The lowest BCUT2D eigenvalue weighted by Gasteiger charge is -2.09. The van der Waals surface area contributed by atoms with Crippen LogP contribution in [0.2, 0.25) is 0 Å². The largest absolute Gasteiger partial charge is 0.465 e. The summed E-state index contributed by atoms with van der Waals surface area (Å²) in [6, 6.07) is 0. The Morgan fingerprint density at radius 3 is 1.78 bits per heavy atom. The number of aliphatic hydroxyl groups is 2. The van der Waals surface area contributed by atoms with Gasteiger partial charge in [-0.1, -0.05) is 0 Å². The third-order valence-corrected chi connectivity index (χ3v) is 0.669. The zero-order valence-electron chi connectivity index (χ0n) is 5.04. The van der Waals surface area contributed by atoms with Crippen LogP contribution in [0.5, 0.6) is 0 Å². The SMILES string of the molecule is O=C1CCO1.OCCO. The molecule has 1 rings (SSSR count). The highest BCUT2D eigenvalue weighted by Gasteiger charge is 2.10. The smallest absolute Gasteiger partial charge is 0.309 e. The van der Waals surface area contributed by atoms with E-state index in [1.165, 1.54) is 0 Å². The molecule has 0 bridgehead atoms. The Balaban J connectivity index is 0.000000148. The fourth-order valence-corrected chi connectivity index (χ4v) is 0.185. The highest BCUT2D eigenvalue weighted by Crippen LogP contribution is 1.97. The Morgan fingerprint density at radius 2 is 1.78 bits per heavy atom. The molecule has 0 saturated carbocycles. The normalized spacial score (nSPS) is 14.7. The van der Waals surface area contributed by atoms with Gasteiger partial charge in [-0.15, -0.1) is 0 Å². The van der Waals surface area contributed by atoms with Gasteiger partial charge in [0.25, 0.3) is 0 Å². The van der Waals surface area contributed by atoms with Crippen LogP contribution in [0.1, 0.15) is 6.42 Å². The van der Waals surface area contributed by atoms with Crippen molar-refractivity contribution >= 4 is 5.97 Å². The van der Waals surface area contributed by atoms with Crippen molar-refractivity contribution in [2.45, 2.75) is 6.42 Å². The third kappa shape index (κ3) is 5.26. The molecule has 0 amide bonds. The van der Waals surface area contributed by atoms with E-state index in [4.69, 9.17) is 10.2 Å². The molecule has 0 aromatic rings. The maximum Gasteiger partial charge on any atom is 0.309 e. The molecule has 0 atom stereocenters. The van der Waals surface area contributed by atoms with Gasteiger partial charge < -0.3 is 14.9 Å². The van der Waals surface area contributed by atoms with E-state index in [1.807, 2.05) is 0 Å². The molecule has 0 spiro atoms. The van der Waals surface area contributed by atoms with Gasteiger partial charge in [-0.25, -0.2) is 0 Å². The number of ether oxygens (including phenoxy) is 1. The van der Waals surface area contributed by atoms with E-state index in [0.29, 0.717) is 13.0 Å². The van der Waals surface area contributed by atoms with Gasteiger partial charge in [0.15, 0.2) is 0 Å². The van der Waals surface area contributed by atoms with E-state index in [1.54, 1.807) is 0 Å². The van der Waals surface area contributed by atoms with Gasteiger partial charge in [0.1, 0.15) is 6.61 Å². The molecule has 4 nitrogen and oxygen atoms in total. The van der Waals surface area contributed by atoms with E-state index < -0.39 is 0 Å². The van der Waals surface area contributed by atoms with Crippen LogP contribution in [0.4, 0.5) is 0 Å². The first-order valence-corrected chi connectivity index (χ1v) is 2.68. The number of cyclic esters (lactones) is 1. The molecule has 54 valence electrons. The van der Waals surface area contributed by atoms with E-state index in [-0.39, 0.29) is 19.2 Å². The molecule has 1 heterocycles. The molecule has 0 aromatic heterocycles. The van der Waals surface area contributed by atoms with Crippen LogP contribution in [0.15, 0.2) is 0 Å². The second kappa shape index (κ2) is 5.53. The first kappa shape index (κ1) is 8.39. The van der Waals surface area contributed by atoms with Crippen molar-refractivity contribution in [3.63, 3.8) is 0 Å². The number of hydrogen-bond donors (Lipinski definition) is 2. The quantitative estimate of drug-likeness (QED) is 0.447. The highest BCUT2D eigenvalue weighted by molar-refractivity contribution is 5.73. The number of hydrogen-bond acceptors (Lipinski definition) is 4. The molecule has 4 heteroatoms. The second-order valence-corrected chi connectivity index (χ2v) is 1.42. The van der Waals surface area contributed by atoms with Gasteiger partial charge in [-0.2, -0.15) is 0 Å². The van der Waals surface area contributed by atoms with E-state index in [0.717, 1.165) is 0 Å². The van der Waals surface area contributed by atoms with Crippen LogP contribution >= 0.6 is 0 Å². The highest BCUT2D eigenvalue weighted by atomic mass is 16.6. The summed E-state index contributed by atoms with van der Waals surface area (Å²) in [4.78, 5) is 9.68. The van der Waals surface area contributed by atoms with Crippen molar-refractivity contribution in [1.82, 2.24) is 0 Å². The lowest BCUT2D eigenvalue weighted by Crippen LogP contribution is -2.18. The molecule has 1 fully saturated rings. The van der Waals surface area contributed by atoms with Gasteiger partial charge in [0, 0.05) is 0 Å². The van der Waals surface area contributed by atoms with Gasteiger partial charge in [-0.05, 0) is 0 Å². The monoisotopic (exact) mass is 134 g/mol. The number of carbonyl (C=O) groups is 1.